The maximum absolute atomic E-state index is 13.1. The molecule has 0 amide bonds. The highest BCUT2D eigenvalue weighted by atomic mass is 79.9. The molecule has 2 rings (SSSR count). The number of hydrogen-bond acceptors (Lipinski definition) is 2. The number of thiophene rings is 1. The van der Waals surface area contributed by atoms with Gasteiger partial charge in [0.1, 0.15) is 5.82 Å². The highest BCUT2D eigenvalue weighted by molar-refractivity contribution is 9.10. The van der Waals surface area contributed by atoms with Crippen LogP contribution in [0.25, 0.3) is 0 Å². The van der Waals surface area contributed by atoms with Gasteiger partial charge in [0, 0.05) is 15.4 Å². The van der Waals surface area contributed by atoms with Crippen molar-refractivity contribution in [3.63, 3.8) is 0 Å². The van der Waals surface area contributed by atoms with Gasteiger partial charge in [-0.25, -0.2) is 4.39 Å². The summed E-state index contributed by atoms with van der Waals surface area (Å²) < 4.78 is 51.4. The lowest BCUT2D eigenvalue weighted by Crippen LogP contribution is -2.10. The number of halogens is 5. The SMILES string of the molecule is O=C(c1ccc(F)c(C(F)(F)F)c1)c1cc(Br)cs1. The second kappa shape index (κ2) is 5.05. The van der Waals surface area contributed by atoms with Gasteiger partial charge in [-0.05, 0) is 40.2 Å². The number of hydrogen-bond donors (Lipinski definition) is 0. The van der Waals surface area contributed by atoms with Gasteiger partial charge in [0.05, 0.1) is 10.4 Å². The van der Waals surface area contributed by atoms with Crippen molar-refractivity contribution >= 4 is 33.0 Å². The fourth-order valence-corrected chi connectivity index (χ4v) is 2.85. The fraction of sp³-hybridized carbons (Fsp3) is 0.0833. The lowest BCUT2D eigenvalue weighted by molar-refractivity contribution is -0.140. The van der Waals surface area contributed by atoms with Gasteiger partial charge in [0.25, 0.3) is 0 Å². The molecule has 7 heteroatoms. The predicted molar refractivity (Wildman–Crippen MR) is 66.9 cm³/mol. The summed E-state index contributed by atoms with van der Waals surface area (Å²) in [7, 11) is 0. The minimum Gasteiger partial charge on any atom is -0.288 e. The molecular formula is C12H5BrF4OS. The smallest absolute Gasteiger partial charge is 0.288 e. The van der Waals surface area contributed by atoms with Crippen molar-refractivity contribution in [2.45, 2.75) is 6.18 Å². The molecule has 0 aliphatic heterocycles. The van der Waals surface area contributed by atoms with Gasteiger partial charge in [-0.15, -0.1) is 11.3 Å². The molecule has 1 aromatic carbocycles. The van der Waals surface area contributed by atoms with Crippen molar-refractivity contribution in [1.29, 1.82) is 0 Å². The molecular weight excluding hydrogens is 348 g/mol. The Morgan fingerprint density at radius 1 is 1.21 bits per heavy atom. The number of benzene rings is 1. The highest BCUT2D eigenvalue weighted by Crippen LogP contribution is 2.32. The van der Waals surface area contributed by atoms with Gasteiger partial charge in [-0.3, -0.25) is 4.79 Å². The third-order valence-corrected chi connectivity index (χ3v) is 4.02. The summed E-state index contributed by atoms with van der Waals surface area (Å²) in [6, 6.07) is 3.73. The van der Waals surface area contributed by atoms with Crippen LogP contribution in [0.3, 0.4) is 0 Å². The quantitative estimate of drug-likeness (QED) is 0.555. The van der Waals surface area contributed by atoms with E-state index in [0.29, 0.717) is 16.6 Å². The first kappa shape index (κ1) is 14.2. The third kappa shape index (κ3) is 3.03. The Labute approximate surface area is 118 Å². The van der Waals surface area contributed by atoms with Crippen LogP contribution in [0, 0.1) is 5.82 Å². The first-order valence-corrected chi connectivity index (χ1v) is 6.62. The molecule has 100 valence electrons. The Hall–Kier alpha value is -1.21. The monoisotopic (exact) mass is 352 g/mol. The van der Waals surface area contributed by atoms with E-state index in [1.165, 1.54) is 6.07 Å². The van der Waals surface area contributed by atoms with Crippen LogP contribution in [0.1, 0.15) is 20.8 Å². The van der Waals surface area contributed by atoms with E-state index in [-0.39, 0.29) is 10.4 Å². The standard InChI is InChI=1S/C12H5BrF4OS/c13-7-4-10(19-5-7)11(18)6-1-2-9(14)8(3-6)12(15,16)17/h1-5H. The number of ketones is 1. The van der Waals surface area contributed by atoms with Crippen LogP contribution in [0.2, 0.25) is 0 Å². The molecule has 19 heavy (non-hydrogen) atoms. The molecule has 0 radical (unpaired) electrons. The Bertz CT molecular complexity index is 633. The molecule has 2 aromatic rings. The van der Waals surface area contributed by atoms with Gasteiger partial charge in [0.2, 0.25) is 5.78 Å². The Morgan fingerprint density at radius 3 is 2.42 bits per heavy atom. The summed E-state index contributed by atoms with van der Waals surface area (Å²) in [6.45, 7) is 0. The number of alkyl halides is 3. The molecule has 0 N–H and O–H groups in total. The topological polar surface area (TPSA) is 17.1 Å². The average Bonchev–Trinajstić information content (AvgIpc) is 2.74. The second-order valence-corrected chi connectivity index (χ2v) is 5.48. The van der Waals surface area contributed by atoms with Crippen LogP contribution in [-0.4, -0.2) is 5.78 Å². The van der Waals surface area contributed by atoms with E-state index in [9.17, 15) is 22.4 Å². The Morgan fingerprint density at radius 2 is 1.89 bits per heavy atom. The third-order valence-electron chi connectivity index (χ3n) is 2.33. The zero-order valence-electron chi connectivity index (χ0n) is 9.09. The zero-order chi connectivity index (χ0) is 14.2. The van der Waals surface area contributed by atoms with Crippen molar-refractivity contribution in [3.8, 4) is 0 Å². The Balaban J connectivity index is 2.44. The molecule has 1 heterocycles. The van der Waals surface area contributed by atoms with E-state index in [1.807, 2.05) is 0 Å². The number of carbonyl (C=O) groups is 1. The average molecular weight is 353 g/mol. The minimum absolute atomic E-state index is 0.192. The molecule has 0 saturated heterocycles. The van der Waals surface area contributed by atoms with Gasteiger partial charge < -0.3 is 0 Å². The van der Waals surface area contributed by atoms with Crippen LogP contribution in [0.5, 0.6) is 0 Å². The van der Waals surface area contributed by atoms with Gasteiger partial charge in [-0.1, -0.05) is 0 Å². The molecule has 0 saturated carbocycles. The van der Waals surface area contributed by atoms with Gasteiger partial charge >= 0.3 is 6.18 Å². The molecule has 0 spiro atoms. The van der Waals surface area contributed by atoms with Crippen LogP contribution in [0.4, 0.5) is 17.6 Å². The summed E-state index contributed by atoms with van der Waals surface area (Å²) in [5, 5.41) is 1.64. The van der Waals surface area contributed by atoms with E-state index in [0.717, 1.165) is 17.4 Å². The summed E-state index contributed by atoms with van der Waals surface area (Å²) in [5.74, 6) is -1.96. The van der Waals surface area contributed by atoms with E-state index in [2.05, 4.69) is 15.9 Å². The predicted octanol–water partition coefficient (Wildman–Crippen LogP) is 4.90. The molecule has 1 nitrogen and oxygen atoms in total. The molecule has 0 aliphatic carbocycles. The first-order valence-electron chi connectivity index (χ1n) is 4.94. The molecule has 0 bridgehead atoms. The molecule has 0 fully saturated rings. The van der Waals surface area contributed by atoms with E-state index in [1.54, 1.807) is 5.38 Å². The van der Waals surface area contributed by atoms with Gasteiger partial charge in [0.15, 0.2) is 0 Å². The number of rotatable bonds is 2. The largest absolute Gasteiger partial charge is 0.419 e. The molecule has 0 atom stereocenters. The fourth-order valence-electron chi connectivity index (χ4n) is 1.46. The molecule has 0 unspecified atom stereocenters. The minimum atomic E-state index is -4.82. The van der Waals surface area contributed by atoms with Crippen molar-refractivity contribution in [2.24, 2.45) is 0 Å². The normalized spacial score (nSPS) is 11.6. The van der Waals surface area contributed by atoms with Crippen LogP contribution in [-0.2, 0) is 6.18 Å². The second-order valence-electron chi connectivity index (χ2n) is 3.65. The molecule has 0 aliphatic rings. The van der Waals surface area contributed by atoms with Crippen molar-refractivity contribution in [3.05, 3.63) is 55.9 Å². The summed E-state index contributed by atoms with van der Waals surface area (Å²) in [6.07, 6.45) is -4.82. The summed E-state index contributed by atoms with van der Waals surface area (Å²) in [5.41, 5.74) is -1.63. The van der Waals surface area contributed by atoms with Gasteiger partial charge in [-0.2, -0.15) is 13.2 Å². The zero-order valence-corrected chi connectivity index (χ0v) is 11.5. The maximum Gasteiger partial charge on any atom is 0.419 e. The van der Waals surface area contributed by atoms with Crippen molar-refractivity contribution in [1.82, 2.24) is 0 Å². The van der Waals surface area contributed by atoms with Crippen molar-refractivity contribution < 1.29 is 22.4 Å². The first-order chi connectivity index (χ1) is 8.79. The molecule has 1 aromatic heterocycles. The van der Waals surface area contributed by atoms with Crippen LogP contribution >= 0.6 is 27.3 Å². The van der Waals surface area contributed by atoms with Crippen LogP contribution in [0.15, 0.2) is 34.1 Å². The van der Waals surface area contributed by atoms with E-state index >= 15 is 0 Å². The maximum atomic E-state index is 13.1. The van der Waals surface area contributed by atoms with Crippen molar-refractivity contribution in [2.75, 3.05) is 0 Å². The summed E-state index contributed by atoms with van der Waals surface area (Å²) >= 11 is 4.25. The Kier molecular flexibility index (Phi) is 3.78. The lowest BCUT2D eigenvalue weighted by atomic mass is 10.1. The van der Waals surface area contributed by atoms with E-state index < -0.39 is 23.3 Å². The highest BCUT2D eigenvalue weighted by Gasteiger charge is 2.34. The van der Waals surface area contributed by atoms with E-state index in [4.69, 9.17) is 0 Å². The van der Waals surface area contributed by atoms with Crippen LogP contribution < -0.4 is 0 Å². The lowest BCUT2D eigenvalue weighted by Gasteiger charge is -2.09. The number of carbonyl (C=O) groups excluding carboxylic acids is 1. The summed E-state index contributed by atoms with van der Waals surface area (Å²) in [4.78, 5) is 12.2.